The molecule has 0 aliphatic heterocycles. The molecule has 6 nitrogen and oxygen atoms in total. The molecule has 0 saturated carbocycles. The predicted molar refractivity (Wildman–Crippen MR) is 120 cm³/mol. The molecule has 2 N–H and O–H groups in total. The number of amides is 2. The first-order valence-electron chi connectivity index (χ1n) is 9.61. The fraction of sp³-hybridized carbons (Fsp3) is 0.130. The number of anilines is 1. The molecule has 4 aromatic rings. The van der Waals surface area contributed by atoms with Crippen molar-refractivity contribution in [2.45, 2.75) is 20.4 Å². The van der Waals surface area contributed by atoms with Gasteiger partial charge in [-0.15, -0.1) is 0 Å². The van der Waals surface area contributed by atoms with E-state index in [0.717, 1.165) is 28.3 Å². The summed E-state index contributed by atoms with van der Waals surface area (Å²) in [6.45, 7) is 4.20. The van der Waals surface area contributed by atoms with Gasteiger partial charge in [0.05, 0.1) is 17.9 Å². The Hall–Kier alpha value is -3.51. The number of nitrogens with zero attached hydrogens (tertiary/aromatic N) is 3. The molecule has 2 aromatic heterocycles. The molecule has 4 rings (SSSR count). The molecule has 2 amide bonds. The minimum Gasteiger partial charge on any atom is -0.334 e. The van der Waals surface area contributed by atoms with Crippen LogP contribution in [0, 0.1) is 13.8 Å². The number of rotatable bonds is 5. The van der Waals surface area contributed by atoms with Crippen molar-refractivity contribution >= 4 is 23.3 Å². The van der Waals surface area contributed by atoms with Crippen molar-refractivity contribution in [3.63, 3.8) is 0 Å². The Labute approximate surface area is 180 Å². The Morgan fingerprint density at radius 1 is 1.03 bits per heavy atom. The number of aromatic nitrogens is 3. The van der Waals surface area contributed by atoms with Crippen LogP contribution in [0.4, 0.5) is 10.5 Å². The standard InChI is InChI=1S/C23H22ClN5O/c1-16-10-11-18(24)14-21(16)26-23(30)25-15-20-17(2)27-29(19-8-4-3-5-9-19)22(20)28-12-6-7-13-28/h3-14H,15H2,1-2H3,(H2,25,26,30). The first-order chi connectivity index (χ1) is 14.5. The van der Waals surface area contributed by atoms with Gasteiger partial charge in [-0.3, -0.25) is 0 Å². The lowest BCUT2D eigenvalue weighted by Crippen LogP contribution is -2.29. The number of carbonyl (C=O) groups excluding carboxylic acids is 1. The summed E-state index contributed by atoms with van der Waals surface area (Å²) in [5.41, 5.74) is 4.36. The van der Waals surface area contributed by atoms with Crippen LogP contribution < -0.4 is 10.6 Å². The van der Waals surface area contributed by atoms with Gasteiger partial charge in [-0.2, -0.15) is 5.10 Å². The van der Waals surface area contributed by atoms with Gasteiger partial charge in [0.25, 0.3) is 0 Å². The van der Waals surface area contributed by atoms with Crippen LogP contribution in [0.1, 0.15) is 16.8 Å². The van der Waals surface area contributed by atoms with Gasteiger partial charge in [0, 0.05) is 28.7 Å². The van der Waals surface area contributed by atoms with Gasteiger partial charge in [0.15, 0.2) is 0 Å². The zero-order chi connectivity index (χ0) is 21.1. The summed E-state index contributed by atoms with van der Waals surface area (Å²) in [7, 11) is 0. The number of carbonyl (C=O) groups is 1. The molecule has 152 valence electrons. The van der Waals surface area contributed by atoms with E-state index in [9.17, 15) is 4.79 Å². The number of nitrogens with one attached hydrogen (secondary N) is 2. The number of urea groups is 1. The fourth-order valence-electron chi connectivity index (χ4n) is 3.31. The second kappa shape index (κ2) is 8.47. The smallest absolute Gasteiger partial charge is 0.319 e. The summed E-state index contributed by atoms with van der Waals surface area (Å²) in [5, 5.41) is 11.1. The van der Waals surface area contributed by atoms with Gasteiger partial charge in [0.1, 0.15) is 5.82 Å². The second-order valence-corrected chi connectivity index (χ2v) is 7.43. The van der Waals surface area contributed by atoms with E-state index in [4.69, 9.17) is 16.7 Å². The fourth-order valence-corrected chi connectivity index (χ4v) is 3.48. The molecule has 2 aromatic carbocycles. The summed E-state index contributed by atoms with van der Waals surface area (Å²) in [5.74, 6) is 0.892. The van der Waals surface area contributed by atoms with E-state index < -0.39 is 0 Å². The minimum atomic E-state index is -0.300. The number of para-hydroxylation sites is 1. The highest BCUT2D eigenvalue weighted by molar-refractivity contribution is 6.31. The first kappa shape index (κ1) is 19.8. The molecule has 0 aliphatic carbocycles. The average molecular weight is 420 g/mol. The largest absolute Gasteiger partial charge is 0.334 e. The monoisotopic (exact) mass is 419 g/mol. The van der Waals surface area contributed by atoms with Crippen LogP contribution in [0.5, 0.6) is 0 Å². The third-order valence-electron chi connectivity index (χ3n) is 4.88. The van der Waals surface area contributed by atoms with E-state index in [1.165, 1.54) is 0 Å². The lowest BCUT2D eigenvalue weighted by atomic mass is 10.2. The molecule has 0 saturated heterocycles. The summed E-state index contributed by atoms with van der Waals surface area (Å²) in [6, 6.07) is 19.0. The Morgan fingerprint density at radius 2 is 1.77 bits per heavy atom. The predicted octanol–water partition coefficient (Wildman–Crippen LogP) is 5.25. The van der Waals surface area contributed by atoms with E-state index in [-0.39, 0.29) is 6.03 Å². The maximum absolute atomic E-state index is 12.5. The molecule has 2 heterocycles. The highest BCUT2D eigenvalue weighted by Gasteiger charge is 2.18. The Morgan fingerprint density at radius 3 is 2.50 bits per heavy atom. The number of aryl methyl sites for hydroxylation is 2. The van der Waals surface area contributed by atoms with Crippen LogP contribution in [0.15, 0.2) is 73.1 Å². The third-order valence-corrected chi connectivity index (χ3v) is 5.12. The van der Waals surface area contributed by atoms with E-state index >= 15 is 0 Å². The molecular weight excluding hydrogens is 398 g/mol. The molecule has 0 fully saturated rings. The van der Waals surface area contributed by atoms with Crippen LogP contribution in [-0.2, 0) is 6.54 Å². The van der Waals surface area contributed by atoms with E-state index in [1.807, 2.05) is 84.0 Å². The van der Waals surface area contributed by atoms with Crippen LogP contribution in [0.3, 0.4) is 0 Å². The van der Waals surface area contributed by atoms with Gasteiger partial charge >= 0.3 is 6.03 Å². The topological polar surface area (TPSA) is 63.9 Å². The maximum atomic E-state index is 12.5. The molecule has 7 heteroatoms. The summed E-state index contributed by atoms with van der Waals surface area (Å²) >= 11 is 6.05. The van der Waals surface area contributed by atoms with E-state index in [1.54, 1.807) is 12.1 Å². The molecule has 0 aliphatic rings. The Balaban J connectivity index is 1.60. The number of benzene rings is 2. The Bertz CT molecular complexity index is 1170. The SMILES string of the molecule is Cc1ccc(Cl)cc1NC(=O)NCc1c(C)nn(-c2ccccc2)c1-n1cccc1. The summed E-state index contributed by atoms with van der Waals surface area (Å²) in [4.78, 5) is 12.5. The Kier molecular flexibility index (Phi) is 5.59. The lowest BCUT2D eigenvalue weighted by molar-refractivity contribution is 0.251. The third kappa shape index (κ3) is 4.09. The second-order valence-electron chi connectivity index (χ2n) is 6.99. The maximum Gasteiger partial charge on any atom is 0.319 e. The summed E-state index contributed by atoms with van der Waals surface area (Å²) < 4.78 is 3.90. The van der Waals surface area contributed by atoms with Gasteiger partial charge in [0.2, 0.25) is 0 Å². The van der Waals surface area contributed by atoms with E-state index in [2.05, 4.69) is 10.6 Å². The molecule has 0 bridgehead atoms. The zero-order valence-corrected chi connectivity index (χ0v) is 17.5. The van der Waals surface area contributed by atoms with Crippen LogP contribution >= 0.6 is 11.6 Å². The molecule has 0 atom stereocenters. The van der Waals surface area contributed by atoms with Crippen molar-refractivity contribution < 1.29 is 4.79 Å². The highest BCUT2D eigenvalue weighted by Crippen LogP contribution is 2.23. The molecule has 30 heavy (non-hydrogen) atoms. The number of halogens is 1. The molecule has 0 radical (unpaired) electrons. The minimum absolute atomic E-state index is 0.300. The quantitative estimate of drug-likeness (QED) is 0.463. The van der Waals surface area contributed by atoms with Crippen molar-refractivity contribution in [1.29, 1.82) is 0 Å². The van der Waals surface area contributed by atoms with Gasteiger partial charge in [-0.05, 0) is 55.8 Å². The van der Waals surface area contributed by atoms with E-state index in [0.29, 0.717) is 17.3 Å². The first-order valence-corrected chi connectivity index (χ1v) is 9.99. The van der Waals surface area contributed by atoms with Crippen molar-refractivity contribution in [3.05, 3.63) is 94.9 Å². The van der Waals surface area contributed by atoms with Crippen molar-refractivity contribution in [2.24, 2.45) is 0 Å². The van der Waals surface area contributed by atoms with Gasteiger partial charge < -0.3 is 15.2 Å². The van der Waals surface area contributed by atoms with Crippen molar-refractivity contribution in [2.75, 3.05) is 5.32 Å². The summed E-state index contributed by atoms with van der Waals surface area (Å²) in [6.07, 6.45) is 3.93. The van der Waals surface area contributed by atoms with Crippen LogP contribution in [0.2, 0.25) is 5.02 Å². The van der Waals surface area contributed by atoms with Gasteiger partial charge in [-0.1, -0.05) is 35.9 Å². The normalized spacial score (nSPS) is 10.8. The van der Waals surface area contributed by atoms with Crippen molar-refractivity contribution in [3.8, 4) is 11.5 Å². The lowest BCUT2D eigenvalue weighted by Gasteiger charge is -2.13. The molecule has 0 spiro atoms. The molecule has 0 unspecified atom stereocenters. The highest BCUT2D eigenvalue weighted by atomic mass is 35.5. The van der Waals surface area contributed by atoms with Gasteiger partial charge in [-0.25, -0.2) is 9.48 Å². The van der Waals surface area contributed by atoms with Crippen LogP contribution in [-0.4, -0.2) is 20.4 Å². The molecular formula is C23H22ClN5O. The average Bonchev–Trinajstić information content (AvgIpc) is 3.37. The number of hydrogen-bond donors (Lipinski definition) is 2. The van der Waals surface area contributed by atoms with Crippen LogP contribution in [0.25, 0.3) is 11.5 Å². The van der Waals surface area contributed by atoms with Crippen molar-refractivity contribution in [1.82, 2.24) is 19.7 Å². The zero-order valence-electron chi connectivity index (χ0n) is 16.8. The number of hydrogen-bond acceptors (Lipinski definition) is 2.